The van der Waals surface area contributed by atoms with Crippen LogP contribution in [-0.2, 0) is 20.6 Å². The van der Waals surface area contributed by atoms with Crippen molar-refractivity contribution in [2.24, 2.45) is 0 Å². The third-order valence-electron chi connectivity index (χ3n) is 3.68. The van der Waals surface area contributed by atoms with Gasteiger partial charge in [-0.2, -0.15) is 4.72 Å². The van der Waals surface area contributed by atoms with E-state index >= 15 is 0 Å². The van der Waals surface area contributed by atoms with Gasteiger partial charge in [-0.15, -0.1) is 13.2 Å². The summed E-state index contributed by atoms with van der Waals surface area (Å²) in [6, 6.07) is 7.57. The first-order valence-corrected chi connectivity index (χ1v) is 10.3. The molecule has 0 heterocycles. The van der Waals surface area contributed by atoms with E-state index in [0.717, 1.165) is 36.4 Å². The summed E-state index contributed by atoms with van der Waals surface area (Å²) in [6.07, 6.45) is -4.85. The Morgan fingerprint density at radius 1 is 1.10 bits per heavy atom. The Hall–Kier alpha value is -2.37. The van der Waals surface area contributed by atoms with Gasteiger partial charge >= 0.3 is 6.36 Å². The highest BCUT2D eigenvalue weighted by Gasteiger charge is 2.33. The Morgan fingerprint density at radius 3 is 2.27 bits per heavy atom. The van der Waals surface area contributed by atoms with Crippen molar-refractivity contribution in [3.8, 4) is 5.75 Å². The van der Waals surface area contributed by atoms with E-state index in [-0.39, 0.29) is 16.3 Å². The summed E-state index contributed by atoms with van der Waals surface area (Å²) in [5.74, 6) is -2.59. The first kappa shape index (κ1) is 23.9. The smallest absolute Gasteiger partial charge is 0.406 e. The van der Waals surface area contributed by atoms with Gasteiger partial charge in [0, 0.05) is 10.7 Å². The second-order valence-corrected chi connectivity index (χ2v) is 8.88. The molecule has 2 rings (SSSR count). The standard InChI is InChI=1S/C18H17ClF4N2O4S/c1-17(2,25-30(27,28)10-11-9-12(20)3-8-15(11)19)16(26)24-13-4-6-14(7-5-13)29-18(21,22)23/h3-9,25H,10H2,1-2H3,(H,24,26). The van der Waals surface area contributed by atoms with E-state index in [1.807, 2.05) is 0 Å². The molecule has 1 amide bonds. The SMILES string of the molecule is CC(C)(NS(=O)(=O)Cc1cc(F)ccc1Cl)C(=O)Nc1ccc(OC(F)(F)F)cc1. The molecule has 0 aliphatic heterocycles. The maximum Gasteiger partial charge on any atom is 0.573 e. The Labute approximate surface area is 175 Å². The van der Waals surface area contributed by atoms with Crippen molar-refractivity contribution < 1.29 is 35.5 Å². The van der Waals surface area contributed by atoms with Gasteiger partial charge in [0.05, 0.1) is 5.75 Å². The minimum atomic E-state index is -4.85. The van der Waals surface area contributed by atoms with Crippen LogP contribution >= 0.6 is 11.6 Å². The van der Waals surface area contributed by atoms with Gasteiger partial charge in [0.2, 0.25) is 15.9 Å². The van der Waals surface area contributed by atoms with E-state index in [9.17, 15) is 30.8 Å². The number of anilines is 1. The molecule has 0 saturated heterocycles. The summed E-state index contributed by atoms with van der Waals surface area (Å²) in [5, 5.41) is 2.44. The van der Waals surface area contributed by atoms with Crippen molar-refractivity contribution in [2.45, 2.75) is 31.5 Å². The lowest BCUT2D eigenvalue weighted by Gasteiger charge is -2.25. The van der Waals surface area contributed by atoms with Crippen LogP contribution in [0.1, 0.15) is 19.4 Å². The number of nitrogens with one attached hydrogen (secondary N) is 2. The van der Waals surface area contributed by atoms with E-state index < -0.39 is 45.2 Å². The highest BCUT2D eigenvalue weighted by atomic mass is 35.5. The van der Waals surface area contributed by atoms with Crippen LogP contribution in [0.15, 0.2) is 42.5 Å². The Balaban J connectivity index is 2.06. The van der Waals surface area contributed by atoms with Crippen LogP contribution < -0.4 is 14.8 Å². The zero-order valence-electron chi connectivity index (χ0n) is 15.7. The molecule has 0 bridgehead atoms. The Bertz CT molecular complexity index is 1030. The Morgan fingerprint density at radius 2 is 1.70 bits per heavy atom. The minimum absolute atomic E-state index is 0.0145. The molecule has 30 heavy (non-hydrogen) atoms. The molecule has 0 saturated carbocycles. The average Bonchev–Trinajstić information content (AvgIpc) is 2.57. The average molecular weight is 469 g/mol. The number of alkyl halides is 3. The van der Waals surface area contributed by atoms with Gasteiger partial charge in [0.1, 0.15) is 17.1 Å². The van der Waals surface area contributed by atoms with Crippen molar-refractivity contribution in [1.29, 1.82) is 0 Å². The monoisotopic (exact) mass is 468 g/mol. The van der Waals surface area contributed by atoms with Crippen molar-refractivity contribution in [3.05, 3.63) is 58.9 Å². The summed E-state index contributed by atoms with van der Waals surface area (Å²) in [6.45, 7) is 2.57. The van der Waals surface area contributed by atoms with Gasteiger partial charge in [0.15, 0.2) is 0 Å². The number of ether oxygens (including phenoxy) is 1. The molecule has 0 unspecified atom stereocenters. The molecule has 0 aliphatic carbocycles. The van der Waals surface area contributed by atoms with Crippen LogP contribution in [0.2, 0.25) is 5.02 Å². The fourth-order valence-electron chi connectivity index (χ4n) is 2.36. The second kappa shape index (κ2) is 8.78. The summed E-state index contributed by atoms with van der Waals surface area (Å²) in [5.41, 5.74) is -1.50. The minimum Gasteiger partial charge on any atom is -0.406 e. The number of sulfonamides is 1. The van der Waals surface area contributed by atoms with E-state index in [2.05, 4.69) is 14.8 Å². The van der Waals surface area contributed by atoms with Crippen LogP contribution in [0.4, 0.5) is 23.2 Å². The topological polar surface area (TPSA) is 84.5 Å². The normalized spacial score (nSPS) is 12.5. The third kappa shape index (κ3) is 7.15. The fraction of sp³-hybridized carbons (Fsp3) is 0.278. The number of halogens is 5. The van der Waals surface area contributed by atoms with Crippen molar-refractivity contribution >= 4 is 33.2 Å². The molecule has 0 spiro atoms. The van der Waals surface area contributed by atoms with Crippen LogP contribution in [0.3, 0.4) is 0 Å². The molecule has 164 valence electrons. The second-order valence-electron chi connectivity index (χ2n) is 6.75. The van der Waals surface area contributed by atoms with Crippen LogP contribution in [-0.4, -0.2) is 26.2 Å². The first-order valence-electron chi connectivity index (χ1n) is 8.30. The molecule has 2 aromatic carbocycles. The number of benzene rings is 2. The molecular weight excluding hydrogens is 452 g/mol. The van der Waals surface area contributed by atoms with Gasteiger partial charge in [-0.25, -0.2) is 12.8 Å². The molecule has 0 radical (unpaired) electrons. The first-order chi connectivity index (χ1) is 13.7. The number of hydrogen-bond donors (Lipinski definition) is 2. The molecular formula is C18H17ClF4N2O4S. The predicted octanol–water partition coefficient (Wildman–Crippen LogP) is 4.21. The predicted molar refractivity (Wildman–Crippen MR) is 103 cm³/mol. The molecule has 2 N–H and O–H groups in total. The highest BCUT2D eigenvalue weighted by molar-refractivity contribution is 7.88. The zero-order valence-corrected chi connectivity index (χ0v) is 17.3. The number of amides is 1. The van der Waals surface area contributed by atoms with Crippen LogP contribution in [0, 0.1) is 5.82 Å². The van der Waals surface area contributed by atoms with Crippen LogP contribution in [0.5, 0.6) is 5.75 Å². The molecule has 0 aliphatic rings. The number of rotatable bonds is 7. The van der Waals surface area contributed by atoms with Gasteiger partial charge in [-0.05, 0) is 61.9 Å². The quantitative estimate of drug-likeness (QED) is 0.596. The maximum atomic E-state index is 13.3. The molecule has 0 aromatic heterocycles. The third-order valence-corrected chi connectivity index (χ3v) is 5.56. The lowest BCUT2D eigenvalue weighted by molar-refractivity contribution is -0.274. The molecule has 2 aromatic rings. The summed E-state index contributed by atoms with van der Waals surface area (Å²) >= 11 is 5.88. The summed E-state index contributed by atoms with van der Waals surface area (Å²) < 4.78 is 80.6. The fourth-order valence-corrected chi connectivity index (χ4v) is 4.21. The molecule has 6 nitrogen and oxygen atoms in total. The van der Waals surface area contributed by atoms with E-state index in [1.165, 1.54) is 19.9 Å². The highest BCUT2D eigenvalue weighted by Crippen LogP contribution is 2.25. The number of carbonyl (C=O) groups excluding carboxylic acids is 1. The van der Waals surface area contributed by atoms with Gasteiger partial charge in [0.25, 0.3) is 0 Å². The van der Waals surface area contributed by atoms with Crippen molar-refractivity contribution in [3.63, 3.8) is 0 Å². The zero-order chi connectivity index (χ0) is 22.7. The Kier molecular flexibility index (Phi) is 7.00. The van der Waals surface area contributed by atoms with Gasteiger partial charge < -0.3 is 10.1 Å². The summed E-state index contributed by atoms with van der Waals surface area (Å²) in [4.78, 5) is 12.5. The van der Waals surface area contributed by atoms with Gasteiger partial charge in [-0.3, -0.25) is 4.79 Å². The largest absolute Gasteiger partial charge is 0.573 e. The van der Waals surface area contributed by atoms with Crippen LogP contribution in [0.25, 0.3) is 0 Å². The number of hydrogen-bond acceptors (Lipinski definition) is 4. The van der Waals surface area contributed by atoms with Gasteiger partial charge in [-0.1, -0.05) is 11.6 Å². The molecule has 0 atom stereocenters. The molecule has 12 heteroatoms. The summed E-state index contributed by atoms with van der Waals surface area (Å²) in [7, 11) is -4.10. The molecule has 0 fully saturated rings. The van der Waals surface area contributed by atoms with E-state index in [0.29, 0.717) is 0 Å². The number of carbonyl (C=O) groups is 1. The van der Waals surface area contributed by atoms with E-state index in [4.69, 9.17) is 11.6 Å². The lowest BCUT2D eigenvalue weighted by atomic mass is 10.1. The lowest BCUT2D eigenvalue weighted by Crippen LogP contribution is -2.52. The van der Waals surface area contributed by atoms with Crippen molar-refractivity contribution in [1.82, 2.24) is 4.72 Å². The van der Waals surface area contributed by atoms with E-state index in [1.54, 1.807) is 0 Å². The van der Waals surface area contributed by atoms with Crippen molar-refractivity contribution in [2.75, 3.05) is 5.32 Å². The maximum absolute atomic E-state index is 13.3.